The van der Waals surface area contributed by atoms with Crippen LogP contribution in [0.5, 0.6) is 0 Å². The topological polar surface area (TPSA) is 128 Å². The molecule has 1 amide bonds. The SMILES string of the molecule is CC(C)(C)N(C(=O)O)C12CC(C(N[S+]([O-])C(C)(C)C)C(F)(F)F)(C1)C2.Cl.NC(C(F)(F)F)C12CC(N)(C1)C2. The lowest BCUT2D eigenvalue weighted by Gasteiger charge is -2.76. The van der Waals surface area contributed by atoms with Crippen LogP contribution in [0.15, 0.2) is 0 Å². The lowest BCUT2D eigenvalue weighted by atomic mass is 9.36. The molecular formula is C23H39ClF6N4O3S. The normalized spacial score (nSPS) is 35.9. The summed E-state index contributed by atoms with van der Waals surface area (Å²) in [7, 11) is 0. The van der Waals surface area contributed by atoms with Crippen molar-refractivity contribution in [3.63, 3.8) is 0 Å². The first kappa shape index (κ1) is 33.5. The molecule has 6 N–H and O–H groups in total. The van der Waals surface area contributed by atoms with E-state index in [0.717, 1.165) is 0 Å². The van der Waals surface area contributed by atoms with E-state index in [2.05, 4.69) is 4.72 Å². The monoisotopic (exact) mass is 600 g/mol. The molecule has 0 aliphatic heterocycles. The molecular weight excluding hydrogens is 562 g/mol. The van der Waals surface area contributed by atoms with E-state index < -0.39 is 68.5 Å². The summed E-state index contributed by atoms with van der Waals surface area (Å²) in [6.07, 6.45) is -8.16. The fourth-order valence-corrected chi connectivity index (χ4v) is 7.95. The summed E-state index contributed by atoms with van der Waals surface area (Å²) in [5, 5.41) is 9.51. The highest BCUT2D eigenvalue weighted by Gasteiger charge is 2.79. The molecule has 6 fully saturated rings. The molecule has 3 unspecified atom stereocenters. The summed E-state index contributed by atoms with van der Waals surface area (Å²) in [4.78, 5) is 12.9. The number of carbonyl (C=O) groups is 1. The molecule has 0 radical (unpaired) electrons. The largest absolute Gasteiger partial charge is 0.598 e. The quantitative estimate of drug-likeness (QED) is 0.264. The second-order valence-electron chi connectivity index (χ2n) is 13.7. The summed E-state index contributed by atoms with van der Waals surface area (Å²) >= 11 is -1.85. The first-order chi connectivity index (χ1) is 16.2. The Bertz CT molecular complexity index is 881. The Morgan fingerprint density at radius 3 is 1.61 bits per heavy atom. The van der Waals surface area contributed by atoms with E-state index >= 15 is 0 Å². The van der Waals surface area contributed by atoms with Crippen LogP contribution in [0.3, 0.4) is 0 Å². The molecule has 224 valence electrons. The summed E-state index contributed by atoms with van der Waals surface area (Å²) in [6, 6.07) is -3.56. The number of alkyl halides is 6. The molecule has 15 heteroatoms. The van der Waals surface area contributed by atoms with Crippen LogP contribution in [0.25, 0.3) is 0 Å². The van der Waals surface area contributed by atoms with Crippen LogP contribution in [0.2, 0.25) is 0 Å². The molecule has 0 aromatic heterocycles. The number of hydrogen-bond donors (Lipinski definition) is 4. The van der Waals surface area contributed by atoms with Crippen molar-refractivity contribution in [3.05, 3.63) is 0 Å². The minimum atomic E-state index is -4.54. The average Bonchev–Trinajstić information content (AvgIpc) is 2.53. The van der Waals surface area contributed by atoms with Gasteiger partial charge in [-0.1, -0.05) is 0 Å². The maximum absolute atomic E-state index is 13.6. The van der Waals surface area contributed by atoms with E-state index in [-0.39, 0.29) is 37.2 Å². The molecule has 0 spiro atoms. The Morgan fingerprint density at radius 2 is 1.34 bits per heavy atom. The molecule has 0 aromatic carbocycles. The summed E-state index contributed by atoms with van der Waals surface area (Å²) in [5.74, 6) is 0. The third-order valence-corrected chi connectivity index (χ3v) is 9.79. The molecule has 0 saturated heterocycles. The first-order valence-corrected chi connectivity index (χ1v) is 13.3. The van der Waals surface area contributed by atoms with Crippen LogP contribution in [-0.4, -0.2) is 66.5 Å². The molecule has 6 aliphatic rings. The highest BCUT2D eigenvalue weighted by atomic mass is 35.5. The van der Waals surface area contributed by atoms with Crippen molar-refractivity contribution in [3.8, 4) is 0 Å². The van der Waals surface area contributed by atoms with Crippen molar-refractivity contribution in [1.29, 1.82) is 0 Å². The summed E-state index contributed by atoms with van der Waals surface area (Å²) in [6.45, 7) is 10.0. The van der Waals surface area contributed by atoms with Gasteiger partial charge in [-0.3, -0.25) is 4.90 Å². The van der Waals surface area contributed by atoms with Gasteiger partial charge >= 0.3 is 18.4 Å². The minimum Gasteiger partial charge on any atom is -0.598 e. The zero-order valence-corrected chi connectivity index (χ0v) is 24.0. The van der Waals surface area contributed by atoms with Gasteiger partial charge in [0.25, 0.3) is 0 Å². The van der Waals surface area contributed by atoms with Gasteiger partial charge in [0.05, 0.1) is 0 Å². The smallest absolute Gasteiger partial charge is 0.408 e. The van der Waals surface area contributed by atoms with Crippen molar-refractivity contribution in [2.75, 3.05) is 0 Å². The summed E-state index contributed by atoms with van der Waals surface area (Å²) in [5.41, 5.74) is 7.24. The van der Waals surface area contributed by atoms with Crippen LogP contribution in [0.4, 0.5) is 31.1 Å². The van der Waals surface area contributed by atoms with Gasteiger partial charge in [0.1, 0.15) is 10.8 Å². The van der Waals surface area contributed by atoms with Crippen LogP contribution in [0.1, 0.15) is 80.1 Å². The maximum atomic E-state index is 13.6. The second-order valence-corrected chi connectivity index (χ2v) is 15.7. The molecule has 3 atom stereocenters. The Labute approximate surface area is 228 Å². The maximum Gasteiger partial charge on any atom is 0.408 e. The molecule has 4 bridgehead atoms. The van der Waals surface area contributed by atoms with Gasteiger partial charge < -0.3 is 21.1 Å². The number of nitrogens with one attached hydrogen (secondary N) is 1. The van der Waals surface area contributed by atoms with Crippen molar-refractivity contribution >= 4 is 29.9 Å². The van der Waals surface area contributed by atoms with E-state index in [9.17, 15) is 40.8 Å². The fourth-order valence-electron chi connectivity index (χ4n) is 7.00. The standard InChI is InChI=1S/C16H27F3N2O3S.C7H11F3N2.ClH/c1-12(2,3)21(11(22)23)15-7-14(8-15,9-15)10(16(17,18)19)20-25(24)13(4,5)6;8-7(9,10)4(11)5-1-6(12,2-5)3-5;/h10,20H,7-9H2,1-6H3,(H,22,23);4H,1-3,11-12H2;1H. The lowest BCUT2D eigenvalue weighted by Crippen LogP contribution is -2.83. The van der Waals surface area contributed by atoms with Crippen molar-refractivity contribution in [1.82, 2.24) is 9.62 Å². The van der Waals surface area contributed by atoms with Crippen LogP contribution < -0.4 is 16.2 Å². The molecule has 38 heavy (non-hydrogen) atoms. The Hall–Kier alpha value is -0.670. The Balaban J connectivity index is 0.000000325. The fraction of sp³-hybridized carbons (Fsp3) is 0.957. The highest BCUT2D eigenvalue weighted by molar-refractivity contribution is 7.90. The van der Waals surface area contributed by atoms with Gasteiger partial charge in [-0.05, 0) is 85.5 Å². The van der Waals surface area contributed by atoms with E-state index in [1.165, 1.54) is 4.90 Å². The molecule has 0 heterocycles. The number of nitrogens with two attached hydrogens (primary N) is 2. The van der Waals surface area contributed by atoms with E-state index in [1.54, 1.807) is 41.5 Å². The number of rotatable bonds is 5. The van der Waals surface area contributed by atoms with Crippen LogP contribution in [-0.2, 0) is 11.4 Å². The van der Waals surface area contributed by atoms with Crippen molar-refractivity contribution in [2.45, 2.75) is 126 Å². The Morgan fingerprint density at radius 1 is 0.921 bits per heavy atom. The zero-order chi connectivity index (χ0) is 28.8. The molecule has 6 rings (SSSR count). The number of nitrogens with zero attached hydrogens (tertiary/aromatic N) is 1. The van der Waals surface area contributed by atoms with E-state index in [0.29, 0.717) is 19.3 Å². The van der Waals surface area contributed by atoms with Gasteiger partial charge in [-0.25, -0.2) is 4.79 Å². The zero-order valence-electron chi connectivity index (χ0n) is 22.3. The number of carboxylic acid groups (broad SMARTS) is 1. The highest BCUT2D eigenvalue weighted by Crippen LogP contribution is 2.73. The number of halogens is 7. The minimum absolute atomic E-state index is 0. The summed E-state index contributed by atoms with van der Waals surface area (Å²) < 4.78 is 90.9. The van der Waals surface area contributed by atoms with Gasteiger partial charge in [-0.15, -0.1) is 17.1 Å². The van der Waals surface area contributed by atoms with Gasteiger partial charge in [0.2, 0.25) is 0 Å². The Kier molecular flexibility index (Phi) is 8.33. The third kappa shape index (κ3) is 5.72. The van der Waals surface area contributed by atoms with Crippen molar-refractivity contribution < 1.29 is 40.8 Å². The van der Waals surface area contributed by atoms with Crippen LogP contribution >= 0.6 is 12.4 Å². The average molecular weight is 601 g/mol. The lowest BCUT2D eigenvalue weighted by molar-refractivity contribution is -0.288. The van der Waals surface area contributed by atoms with Crippen LogP contribution in [0, 0.1) is 10.8 Å². The van der Waals surface area contributed by atoms with E-state index in [1.807, 2.05) is 0 Å². The van der Waals surface area contributed by atoms with Gasteiger partial charge in [0, 0.05) is 33.4 Å². The predicted octanol–water partition coefficient (Wildman–Crippen LogP) is 4.85. The van der Waals surface area contributed by atoms with Gasteiger partial charge in [0.15, 0.2) is 6.04 Å². The first-order valence-electron chi connectivity index (χ1n) is 12.1. The molecule has 7 nitrogen and oxygen atoms in total. The molecule has 6 saturated carbocycles. The second kappa shape index (κ2) is 9.43. The number of amides is 1. The molecule has 6 aliphatic carbocycles. The third-order valence-electron chi connectivity index (χ3n) is 8.23. The number of hydrogen-bond acceptors (Lipinski definition) is 5. The van der Waals surface area contributed by atoms with E-state index in [4.69, 9.17) is 11.5 Å². The predicted molar refractivity (Wildman–Crippen MR) is 134 cm³/mol. The van der Waals surface area contributed by atoms with Crippen molar-refractivity contribution in [2.24, 2.45) is 22.3 Å². The molecule has 0 aromatic rings. The van der Waals surface area contributed by atoms with Gasteiger partial charge in [-0.2, -0.15) is 26.3 Å².